The molecule has 0 N–H and O–H groups in total. The lowest BCUT2D eigenvalue weighted by Crippen LogP contribution is -2.02. The lowest BCUT2D eigenvalue weighted by molar-refractivity contribution is 0.616. The first kappa shape index (κ1) is 13.1. The van der Waals surface area contributed by atoms with Crippen molar-refractivity contribution in [2.45, 2.75) is 12.8 Å². The molecule has 102 valence electrons. The topological polar surface area (TPSA) is 17.8 Å². The fraction of sp³-hybridized carbons (Fsp3) is 0.133. The zero-order valence-corrected chi connectivity index (χ0v) is 11.5. The molecule has 2 nitrogen and oxygen atoms in total. The van der Waals surface area contributed by atoms with E-state index in [2.05, 4.69) is 4.98 Å². The number of imidazole rings is 1. The van der Waals surface area contributed by atoms with Gasteiger partial charge in [0.05, 0.1) is 22.6 Å². The number of halogens is 3. The molecule has 0 spiro atoms. The SMILES string of the molecule is Cc1ccc(F)c(-n2c(CCl)nc3ccc(F)cc32)c1. The van der Waals surface area contributed by atoms with Gasteiger partial charge in [0.1, 0.15) is 17.5 Å². The highest BCUT2D eigenvalue weighted by Crippen LogP contribution is 2.25. The first-order chi connectivity index (χ1) is 9.60. The highest BCUT2D eigenvalue weighted by atomic mass is 35.5. The van der Waals surface area contributed by atoms with Crippen molar-refractivity contribution >= 4 is 22.6 Å². The molecule has 0 atom stereocenters. The Labute approximate surface area is 119 Å². The summed E-state index contributed by atoms with van der Waals surface area (Å²) < 4.78 is 29.1. The number of fused-ring (bicyclic) bond motifs is 1. The molecule has 3 aromatic rings. The molecular weight excluding hydrogens is 282 g/mol. The fourth-order valence-electron chi connectivity index (χ4n) is 2.25. The number of rotatable bonds is 2. The molecule has 3 rings (SSSR count). The van der Waals surface area contributed by atoms with E-state index in [0.29, 0.717) is 22.5 Å². The minimum Gasteiger partial charge on any atom is -0.292 e. The van der Waals surface area contributed by atoms with Crippen LogP contribution in [0.2, 0.25) is 0 Å². The monoisotopic (exact) mass is 292 g/mol. The average Bonchev–Trinajstić information content (AvgIpc) is 2.79. The number of nitrogens with zero attached hydrogens (tertiary/aromatic N) is 2. The highest BCUT2D eigenvalue weighted by Gasteiger charge is 2.15. The van der Waals surface area contributed by atoms with Crippen molar-refractivity contribution in [2.24, 2.45) is 0 Å². The minimum absolute atomic E-state index is 0.115. The third-order valence-corrected chi connectivity index (χ3v) is 3.39. The van der Waals surface area contributed by atoms with Crippen LogP contribution >= 0.6 is 11.6 Å². The summed E-state index contributed by atoms with van der Waals surface area (Å²) in [6.45, 7) is 1.86. The molecule has 0 unspecified atom stereocenters. The summed E-state index contributed by atoms with van der Waals surface area (Å²) in [5.41, 5.74) is 2.32. The fourth-order valence-corrected chi connectivity index (χ4v) is 2.43. The lowest BCUT2D eigenvalue weighted by atomic mass is 10.2. The third-order valence-electron chi connectivity index (χ3n) is 3.15. The normalized spacial score (nSPS) is 11.2. The van der Waals surface area contributed by atoms with E-state index in [4.69, 9.17) is 11.6 Å². The Bertz CT molecular complexity index is 796. The molecule has 0 saturated heterocycles. The van der Waals surface area contributed by atoms with Gasteiger partial charge in [-0.3, -0.25) is 4.57 Å². The molecule has 20 heavy (non-hydrogen) atoms. The second kappa shape index (κ2) is 4.87. The molecule has 0 aliphatic carbocycles. The summed E-state index contributed by atoms with van der Waals surface area (Å²) in [5.74, 6) is -0.195. The number of hydrogen-bond acceptors (Lipinski definition) is 1. The lowest BCUT2D eigenvalue weighted by Gasteiger charge is -2.10. The van der Waals surface area contributed by atoms with E-state index < -0.39 is 11.6 Å². The predicted molar refractivity (Wildman–Crippen MR) is 75.3 cm³/mol. The number of aryl methyl sites for hydroxylation is 1. The van der Waals surface area contributed by atoms with Gasteiger partial charge < -0.3 is 0 Å². The van der Waals surface area contributed by atoms with Crippen LogP contribution in [-0.2, 0) is 5.88 Å². The molecule has 0 aliphatic rings. The second-order valence-electron chi connectivity index (χ2n) is 4.58. The molecule has 0 radical (unpaired) electrons. The second-order valence-corrected chi connectivity index (χ2v) is 4.85. The summed E-state index contributed by atoms with van der Waals surface area (Å²) in [5, 5.41) is 0. The summed E-state index contributed by atoms with van der Waals surface area (Å²) in [4.78, 5) is 4.32. The number of hydrogen-bond donors (Lipinski definition) is 0. The maximum Gasteiger partial charge on any atom is 0.147 e. The van der Waals surface area contributed by atoms with Crippen LogP contribution in [-0.4, -0.2) is 9.55 Å². The molecule has 1 aromatic heterocycles. The van der Waals surface area contributed by atoms with E-state index >= 15 is 0 Å². The summed E-state index contributed by atoms with van der Waals surface area (Å²) in [7, 11) is 0. The first-order valence-electron chi connectivity index (χ1n) is 6.09. The number of alkyl halides is 1. The van der Waals surface area contributed by atoms with Crippen LogP contribution in [0.5, 0.6) is 0 Å². The quantitative estimate of drug-likeness (QED) is 0.642. The zero-order valence-electron chi connectivity index (χ0n) is 10.7. The van der Waals surface area contributed by atoms with Crippen LogP contribution in [0.25, 0.3) is 16.7 Å². The van der Waals surface area contributed by atoms with E-state index in [9.17, 15) is 8.78 Å². The van der Waals surface area contributed by atoms with Crippen molar-refractivity contribution in [1.82, 2.24) is 9.55 Å². The van der Waals surface area contributed by atoms with Gasteiger partial charge in [-0.15, -0.1) is 11.6 Å². The van der Waals surface area contributed by atoms with Gasteiger partial charge in [0, 0.05) is 6.07 Å². The minimum atomic E-state index is -0.398. The van der Waals surface area contributed by atoms with Crippen molar-refractivity contribution in [3.63, 3.8) is 0 Å². The Morgan fingerprint density at radius 2 is 1.95 bits per heavy atom. The van der Waals surface area contributed by atoms with Gasteiger partial charge in [-0.05, 0) is 36.8 Å². The van der Waals surface area contributed by atoms with Crippen LogP contribution in [0.3, 0.4) is 0 Å². The molecule has 0 bridgehead atoms. The van der Waals surface area contributed by atoms with Crippen molar-refractivity contribution in [1.29, 1.82) is 0 Å². The van der Waals surface area contributed by atoms with Crippen molar-refractivity contribution < 1.29 is 8.78 Å². The molecule has 0 saturated carbocycles. The Kier molecular flexibility index (Phi) is 3.18. The Balaban J connectivity index is 2.39. The number of aromatic nitrogens is 2. The smallest absolute Gasteiger partial charge is 0.147 e. The first-order valence-corrected chi connectivity index (χ1v) is 6.63. The van der Waals surface area contributed by atoms with E-state index in [-0.39, 0.29) is 5.88 Å². The van der Waals surface area contributed by atoms with Crippen LogP contribution in [0.15, 0.2) is 36.4 Å². The Hall–Kier alpha value is -1.94. The van der Waals surface area contributed by atoms with Gasteiger partial charge in [-0.1, -0.05) is 6.07 Å². The highest BCUT2D eigenvalue weighted by molar-refractivity contribution is 6.17. The van der Waals surface area contributed by atoms with Crippen molar-refractivity contribution in [2.75, 3.05) is 0 Å². The van der Waals surface area contributed by atoms with Crippen LogP contribution in [0.4, 0.5) is 8.78 Å². The summed E-state index contributed by atoms with van der Waals surface area (Å²) >= 11 is 5.89. The van der Waals surface area contributed by atoms with E-state index in [1.807, 2.05) is 6.92 Å². The van der Waals surface area contributed by atoms with Gasteiger partial charge >= 0.3 is 0 Å². The van der Waals surface area contributed by atoms with E-state index in [0.717, 1.165) is 5.56 Å². The molecule has 1 heterocycles. The molecular formula is C15H11ClF2N2. The van der Waals surface area contributed by atoms with Gasteiger partial charge in [-0.2, -0.15) is 0 Å². The van der Waals surface area contributed by atoms with Crippen LogP contribution < -0.4 is 0 Å². The van der Waals surface area contributed by atoms with Crippen molar-refractivity contribution in [3.8, 4) is 5.69 Å². The zero-order chi connectivity index (χ0) is 14.3. The van der Waals surface area contributed by atoms with Gasteiger partial charge in [0.15, 0.2) is 0 Å². The largest absolute Gasteiger partial charge is 0.292 e. The van der Waals surface area contributed by atoms with Crippen LogP contribution in [0, 0.1) is 18.6 Å². The molecule has 0 aliphatic heterocycles. The van der Waals surface area contributed by atoms with E-state index in [1.165, 1.54) is 18.2 Å². The third kappa shape index (κ3) is 2.06. The summed E-state index contributed by atoms with van der Waals surface area (Å²) in [6, 6.07) is 8.97. The molecule has 5 heteroatoms. The Morgan fingerprint density at radius 3 is 2.70 bits per heavy atom. The number of benzene rings is 2. The maximum absolute atomic E-state index is 14.1. The predicted octanol–water partition coefficient (Wildman–Crippen LogP) is 4.35. The maximum atomic E-state index is 14.1. The standard InChI is InChI=1S/C15H11ClF2N2/c1-9-2-4-11(18)13(6-9)20-14-7-10(17)3-5-12(14)19-15(20)8-16/h2-7H,8H2,1H3. The molecule has 0 fully saturated rings. The molecule has 0 amide bonds. The average molecular weight is 293 g/mol. The summed E-state index contributed by atoms with van der Waals surface area (Å²) in [6.07, 6.45) is 0. The molecule has 2 aromatic carbocycles. The Morgan fingerprint density at radius 1 is 1.15 bits per heavy atom. The van der Waals surface area contributed by atoms with E-state index in [1.54, 1.807) is 22.8 Å². The van der Waals surface area contributed by atoms with Gasteiger partial charge in [-0.25, -0.2) is 13.8 Å². The van der Waals surface area contributed by atoms with Gasteiger partial charge in [0.25, 0.3) is 0 Å². The van der Waals surface area contributed by atoms with Crippen LogP contribution in [0.1, 0.15) is 11.4 Å². The van der Waals surface area contributed by atoms with Crippen molar-refractivity contribution in [3.05, 3.63) is 59.4 Å². The van der Waals surface area contributed by atoms with Gasteiger partial charge in [0.2, 0.25) is 0 Å².